The van der Waals surface area contributed by atoms with Crippen molar-refractivity contribution in [3.05, 3.63) is 124 Å². The van der Waals surface area contributed by atoms with Crippen LogP contribution < -0.4 is 15.0 Å². The Hall–Kier alpha value is -4.99. The van der Waals surface area contributed by atoms with Crippen LogP contribution >= 0.6 is 11.6 Å². The Balaban J connectivity index is 1.27. The van der Waals surface area contributed by atoms with E-state index in [1.165, 1.54) is 78.9 Å². The molecule has 1 saturated carbocycles. The second kappa shape index (κ2) is 13.3. The van der Waals surface area contributed by atoms with E-state index < -0.39 is 39.8 Å². The Labute approximate surface area is 295 Å². The van der Waals surface area contributed by atoms with Crippen molar-refractivity contribution in [3.63, 3.8) is 0 Å². The topological polar surface area (TPSA) is 116 Å². The van der Waals surface area contributed by atoms with Gasteiger partial charge in [-0.1, -0.05) is 28.9 Å². The molecule has 1 fully saturated rings. The largest absolute Gasteiger partial charge is 0.497 e. The molecule has 266 valence electrons. The van der Waals surface area contributed by atoms with Gasteiger partial charge in [-0.25, -0.2) is 8.42 Å². The summed E-state index contributed by atoms with van der Waals surface area (Å²) >= 11 is 6.62. The van der Waals surface area contributed by atoms with Crippen molar-refractivity contribution >= 4 is 32.5 Å². The van der Waals surface area contributed by atoms with Crippen LogP contribution in [-0.2, 0) is 21.3 Å². The molecule has 5 aromatic rings. The van der Waals surface area contributed by atoms with E-state index in [0.29, 0.717) is 33.5 Å². The summed E-state index contributed by atoms with van der Waals surface area (Å²) in [5, 5.41) is 5.93. The summed E-state index contributed by atoms with van der Waals surface area (Å²) in [4.78, 5) is 13.3. The lowest BCUT2D eigenvalue weighted by Gasteiger charge is -2.37. The lowest BCUT2D eigenvalue weighted by molar-refractivity contribution is -0.197. The van der Waals surface area contributed by atoms with Crippen LogP contribution in [0.4, 0.5) is 13.2 Å². The van der Waals surface area contributed by atoms with E-state index in [2.05, 4.69) is 5.16 Å². The van der Waals surface area contributed by atoms with Crippen molar-refractivity contribution in [2.75, 3.05) is 14.2 Å². The summed E-state index contributed by atoms with van der Waals surface area (Å²) in [6, 6.07) is 18.7. The van der Waals surface area contributed by atoms with Gasteiger partial charge in [-0.05, 0) is 78.4 Å². The first-order chi connectivity index (χ1) is 24.4. The summed E-state index contributed by atoms with van der Waals surface area (Å²) in [6.45, 7) is -0.0985. The molecule has 1 unspecified atom stereocenters. The fourth-order valence-electron chi connectivity index (χ4n) is 6.34. The maximum atomic E-state index is 14.5. The minimum Gasteiger partial charge on any atom is -0.497 e. The van der Waals surface area contributed by atoms with E-state index in [1.807, 2.05) is 0 Å². The smallest absolute Gasteiger partial charge is 0.391 e. The molecule has 1 aliphatic carbocycles. The van der Waals surface area contributed by atoms with Crippen LogP contribution in [0.5, 0.6) is 11.5 Å². The molecule has 3 heterocycles. The normalized spacial score (nSPS) is 19.0. The average Bonchev–Trinajstić information content (AvgIpc) is 3.79. The quantitative estimate of drug-likeness (QED) is 0.145. The summed E-state index contributed by atoms with van der Waals surface area (Å²) in [5.41, 5.74) is 1.62. The number of sulfonamides is 1. The van der Waals surface area contributed by atoms with E-state index >= 15 is 0 Å². The van der Waals surface area contributed by atoms with Crippen molar-refractivity contribution in [1.82, 2.24) is 19.1 Å². The highest BCUT2D eigenvalue weighted by Gasteiger charge is 2.48. The minimum atomic E-state index is -4.32. The molecule has 0 bridgehead atoms. The van der Waals surface area contributed by atoms with Crippen LogP contribution in [0.1, 0.15) is 41.8 Å². The molecule has 2 aromatic heterocycles. The molecule has 0 amide bonds. The minimum absolute atomic E-state index is 0.0857. The zero-order chi connectivity index (χ0) is 36.1. The maximum absolute atomic E-state index is 14.5. The third kappa shape index (κ3) is 6.41. The molecule has 1 aliphatic heterocycles. The molecule has 11 nitrogen and oxygen atoms in total. The summed E-state index contributed by atoms with van der Waals surface area (Å²) in [5.74, 6) is -0.986. The zero-order valence-corrected chi connectivity index (χ0v) is 28.7. The molecular formula is C35H30ClF3N4O7S. The summed E-state index contributed by atoms with van der Waals surface area (Å²) in [6.07, 6.45) is -1.21. The van der Waals surface area contributed by atoms with Crippen molar-refractivity contribution in [3.8, 4) is 17.2 Å². The van der Waals surface area contributed by atoms with E-state index in [0.717, 1.165) is 4.41 Å². The molecule has 3 aromatic carbocycles. The molecule has 0 spiro atoms. The Bertz CT molecular complexity index is 2270. The third-order valence-electron chi connectivity index (χ3n) is 9.13. The first kappa shape index (κ1) is 34.5. The predicted octanol–water partition coefficient (Wildman–Crippen LogP) is 7.31. The Morgan fingerprint density at radius 3 is 2.43 bits per heavy atom. The van der Waals surface area contributed by atoms with Gasteiger partial charge >= 0.3 is 6.18 Å². The third-order valence-corrected chi connectivity index (χ3v) is 11.2. The number of hydrogen-bond donors (Lipinski definition) is 0. The monoisotopic (exact) mass is 742 g/mol. The van der Waals surface area contributed by atoms with Crippen molar-refractivity contribution < 1.29 is 40.3 Å². The first-order valence-electron chi connectivity index (χ1n) is 15.7. The van der Waals surface area contributed by atoms with Gasteiger partial charge in [-0.15, -0.1) is 4.41 Å². The lowest BCUT2D eigenvalue weighted by atomic mass is 9.71. The highest BCUT2D eigenvalue weighted by Crippen LogP contribution is 2.52. The van der Waals surface area contributed by atoms with Crippen molar-refractivity contribution in [2.24, 2.45) is 5.92 Å². The molecule has 0 N–H and O–H groups in total. The number of hydrazine groups is 1. The molecular weight excluding hydrogens is 713 g/mol. The number of aromatic nitrogens is 2. The van der Waals surface area contributed by atoms with Gasteiger partial charge in [0.25, 0.3) is 15.6 Å². The van der Waals surface area contributed by atoms with Crippen LogP contribution in [-0.4, -0.2) is 48.0 Å². The molecule has 51 heavy (non-hydrogen) atoms. The maximum Gasteiger partial charge on any atom is 0.391 e. The fourth-order valence-corrected chi connectivity index (χ4v) is 8.12. The van der Waals surface area contributed by atoms with Crippen molar-refractivity contribution in [2.45, 2.75) is 42.6 Å². The molecule has 0 saturated heterocycles. The van der Waals surface area contributed by atoms with Crippen LogP contribution in [0.3, 0.4) is 0 Å². The van der Waals surface area contributed by atoms with E-state index in [-0.39, 0.29) is 40.7 Å². The molecule has 1 atom stereocenters. The van der Waals surface area contributed by atoms with Gasteiger partial charge in [0.2, 0.25) is 6.23 Å². The highest BCUT2D eigenvalue weighted by atomic mass is 35.5. The van der Waals surface area contributed by atoms with Crippen LogP contribution in [0.25, 0.3) is 16.6 Å². The zero-order valence-electron chi connectivity index (χ0n) is 27.1. The van der Waals surface area contributed by atoms with Crippen molar-refractivity contribution in [1.29, 1.82) is 0 Å². The van der Waals surface area contributed by atoms with Gasteiger partial charge < -0.3 is 18.7 Å². The number of rotatable bonds is 10. The van der Waals surface area contributed by atoms with Crippen LogP contribution in [0, 0.1) is 5.92 Å². The number of methoxy groups -OCH3 is 2. The predicted molar refractivity (Wildman–Crippen MR) is 180 cm³/mol. The van der Waals surface area contributed by atoms with Crippen LogP contribution in [0.15, 0.2) is 106 Å². The van der Waals surface area contributed by atoms with Gasteiger partial charge in [0.15, 0.2) is 0 Å². The number of ether oxygens (including phenoxy) is 3. The Kier molecular flexibility index (Phi) is 8.98. The molecule has 7 rings (SSSR count). The fraction of sp³-hybridized carbons (Fsp3) is 0.257. The number of benzene rings is 3. The van der Waals surface area contributed by atoms with Gasteiger partial charge in [0.1, 0.15) is 29.7 Å². The van der Waals surface area contributed by atoms with E-state index in [1.54, 1.807) is 36.4 Å². The molecule has 0 radical (unpaired) electrons. The summed E-state index contributed by atoms with van der Waals surface area (Å²) in [7, 11) is -1.40. The number of hydrogen-bond acceptors (Lipinski definition) is 9. The average molecular weight is 743 g/mol. The first-order valence-corrected chi connectivity index (χ1v) is 17.5. The number of fused-ring (bicyclic) bond motifs is 1. The number of halogens is 4. The number of pyridine rings is 1. The highest BCUT2D eigenvalue weighted by molar-refractivity contribution is 7.89. The number of nitrogens with zero attached hydrogens (tertiary/aromatic N) is 4. The van der Waals surface area contributed by atoms with Gasteiger partial charge in [0, 0.05) is 22.5 Å². The Morgan fingerprint density at radius 2 is 1.76 bits per heavy atom. The molecule has 2 aliphatic rings. The lowest BCUT2D eigenvalue weighted by Crippen LogP contribution is -2.43. The second-order valence-electron chi connectivity index (χ2n) is 12.1. The SMILES string of the molecule is COc1ccc(CN(N2C=COC2c2ccon2)S(=O)(=O)c2ccc3c(ccc(=O)n3-c3cc(Cl)c(C4CC(C(F)(F)F)C4)cc3OC)c2)cc1. The van der Waals surface area contributed by atoms with Gasteiger partial charge in [-0.2, -0.15) is 13.2 Å². The standard InChI is InChI=1S/C35H30ClF3N4O7S/c1-47-25-6-3-21(4-7-25)20-42(41-12-14-49-34(41)29-11-13-50-40-29)51(45,46)26-8-9-30-22(17-26)5-10-33(44)43(30)31-19-28(36)27(18-32(31)48-2)23-15-24(16-23)35(37,38)39/h3-14,17-19,23-24,34H,15-16,20H2,1-2H3. The van der Waals surface area contributed by atoms with E-state index in [4.69, 9.17) is 30.3 Å². The van der Waals surface area contributed by atoms with Gasteiger partial charge in [0.05, 0.1) is 49.0 Å². The van der Waals surface area contributed by atoms with Gasteiger partial charge in [-0.3, -0.25) is 14.4 Å². The van der Waals surface area contributed by atoms with Crippen LogP contribution in [0.2, 0.25) is 5.02 Å². The van der Waals surface area contributed by atoms with E-state index in [9.17, 15) is 26.4 Å². The number of alkyl halides is 3. The second-order valence-corrected chi connectivity index (χ2v) is 14.3. The molecule has 16 heteroatoms. The Morgan fingerprint density at radius 1 is 1.00 bits per heavy atom. The summed E-state index contributed by atoms with van der Waals surface area (Å²) < 4.78 is 92.7.